The summed E-state index contributed by atoms with van der Waals surface area (Å²) in [4.78, 5) is 10.8. The summed E-state index contributed by atoms with van der Waals surface area (Å²) in [5, 5.41) is -0.447. The smallest absolute Gasteiger partial charge is 0.282 e. The van der Waals surface area contributed by atoms with Crippen LogP contribution in [0.25, 0.3) is 0 Å². The van der Waals surface area contributed by atoms with E-state index in [1.807, 2.05) is 0 Å². The van der Waals surface area contributed by atoms with Crippen molar-refractivity contribution in [3.63, 3.8) is 0 Å². The van der Waals surface area contributed by atoms with Gasteiger partial charge in [-0.05, 0) is 41.7 Å². The van der Waals surface area contributed by atoms with E-state index in [-0.39, 0.29) is 5.02 Å². The normalized spacial score (nSPS) is 9.77. The Morgan fingerprint density at radius 3 is 2.69 bits per heavy atom. The molecule has 0 aliphatic heterocycles. The van der Waals surface area contributed by atoms with Crippen LogP contribution < -0.4 is 4.72 Å². The number of amides is 1. The molecule has 1 N–H and O–H groups in total. The predicted octanol–water partition coefficient (Wildman–Crippen LogP) is 3.43. The summed E-state index contributed by atoms with van der Waals surface area (Å²) in [5.74, 6) is -0.459. The molecule has 0 fully saturated rings. The fourth-order valence-electron chi connectivity index (χ4n) is 0.687. The summed E-state index contributed by atoms with van der Waals surface area (Å²) >= 11 is 11.5. The minimum atomic E-state index is -0.717. The van der Waals surface area contributed by atoms with E-state index in [2.05, 4.69) is 4.72 Å². The molecule has 0 radical (unpaired) electrons. The van der Waals surface area contributed by atoms with Gasteiger partial charge < -0.3 is 0 Å². The first-order valence-corrected chi connectivity index (χ1v) is 4.73. The van der Waals surface area contributed by atoms with Gasteiger partial charge in [-0.1, -0.05) is 11.6 Å². The first-order chi connectivity index (χ1) is 6.08. The van der Waals surface area contributed by atoms with Crippen molar-refractivity contribution in [2.24, 2.45) is 0 Å². The quantitative estimate of drug-likeness (QED) is 0.487. The molecule has 0 heterocycles. The van der Waals surface area contributed by atoms with E-state index in [1.54, 1.807) is 0 Å². The fraction of sp³-hybridized carbons (Fsp3) is 0. The molecule has 2 nitrogen and oxygen atoms in total. The Morgan fingerprint density at radius 1 is 1.46 bits per heavy atom. The van der Waals surface area contributed by atoms with Gasteiger partial charge in [0.05, 0.1) is 0 Å². The number of rotatable bonds is 2. The van der Waals surface area contributed by atoms with Crippen molar-refractivity contribution in [2.75, 3.05) is 0 Å². The summed E-state index contributed by atoms with van der Waals surface area (Å²) in [6.45, 7) is 0. The molecule has 0 spiro atoms. The van der Waals surface area contributed by atoms with Crippen LogP contribution in [-0.4, -0.2) is 5.37 Å². The molecule has 0 aliphatic rings. The third-order valence-electron chi connectivity index (χ3n) is 1.09. The van der Waals surface area contributed by atoms with Gasteiger partial charge in [-0.25, -0.2) is 4.39 Å². The van der Waals surface area contributed by atoms with Gasteiger partial charge >= 0.3 is 5.37 Å². The van der Waals surface area contributed by atoms with Crippen LogP contribution in [0.2, 0.25) is 5.02 Å². The second kappa shape index (κ2) is 4.69. The average molecular weight is 240 g/mol. The zero-order valence-corrected chi connectivity index (χ0v) is 8.51. The van der Waals surface area contributed by atoms with Gasteiger partial charge in [-0.15, -0.1) is 0 Å². The summed E-state index contributed by atoms with van der Waals surface area (Å²) < 4.78 is 14.9. The van der Waals surface area contributed by atoms with Crippen LogP contribution >= 0.6 is 35.1 Å². The lowest BCUT2D eigenvalue weighted by atomic mass is 10.3. The van der Waals surface area contributed by atoms with Crippen molar-refractivity contribution < 1.29 is 9.18 Å². The second-order valence-electron chi connectivity index (χ2n) is 2.08. The molecule has 1 aromatic rings. The molecule has 1 rings (SSSR count). The molecule has 0 aliphatic carbocycles. The van der Waals surface area contributed by atoms with Crippen LogP contribution in [0, 0.1) is 5.82 Å². The molecule has 0 saturated carbocycles. The molecule has 1 aromatic carbocycles. The van der Waals surface area contributed by atoms with E-state index in [0.29, 0.717) is 4.90 Å². The van der Waals surface area contributed by atoms with Crippen molar-refractivity contribution in [3.05, 3.63) is 29.0 Å². The van der Waals surface area contributed by atoms with Crippen molar-refractivity contribution in [3.8, 4) is 0 Å². The van der Waals surface area contributed by atoms with E-state index in [1.165, 1.54) is 18.2 Å². The Bertz CT molecular complexity index is 314. The largest absolute Gasteiger partial charge is 0.323 e. The maximum Gasteiger partial charge on any atom is 0.323 e. The minimum absolute atomic E-state index is 0.270. The third-order valence-corrected chi connectivity index (χ3v) is 2.27. The second-order valence-corrected chi connectivity index (χ2v) is 3.74. The lowest BCUT2D eigenvalue weighted by molar-refractivity contribution is 0.264. The van der Waals surface area contributed by atoms with Crippen LogP contribution in [0.1, 0.15) is 0 Å². The lowest BCUT2D eigenvalue weighted by Crippen LogP contribution is -2.04. The maximum absolute atomic E-state index is 12.7. The van der Waals surface area contributed by atoms with E-state index in [0.717, 1.165) is 11.9 Å². The van der Waals surface area contributed by atoms with Crippen molar-refractivity contribution in [1.82, 2.24) is 4.72 Å². The predicted molar refractivity (Wildman–Crippen MR) is 51.7 cm³/mol. The highest BCUT2D eigenvalue weighted by molar-refractivity contribution is 7.98. The molecule has 13 heavy (non-hydrogen) atoms. The lowest BCUT2D eigenvalue weighted by Gasteiger charge is -2.00. The third kappa shape index (κ3) is 3.85. The van der Waals surface area contributed by atoms with Gasteiger partial charge in [0, 0.05) is 9.92 Å². The van der Waals surface area contributed by atoms with Crippen LogP contribution in [0.3, 0.4) is 0 Å². The van der Waals surface area contributed by atoms with Gasteiger partial charge in [0.15, 0.2) is 0 Å². The topological polar surface area (TPSA) is 29.1 Å². The molecular weight excluding hydrogens is 236 g/mol. The SMILES string of the molecule is O=C(Cl)NSc1cc(F)cc(Cl)c1. The molecule has 0 bridgehead atoms. The molecule has 1 amide bonds. The van der Waals surface area contributed by atoms with Crippen LogP contribution in [0.4, 0.5) is 9.18 Å². The molecule has 0 atom stereocenters. The zero-order valence-electron chi connectivity index (χ0n) is 6.18. The van der Waals surface area contributed by atoms with Crippen LogP contribution in [0.5, 0.6) is 0 Å². The van der Waals surface area contributed by atoms with Crippen LogP contribution in [-0.2, 0) is 0 Å². The Labute approximate surface area is 88.5 Å². The highest BCUT2D eigenvalue weighted by Gasteiger charge is 2.01. The van der Waals surface area contributed by atoms with Crippen molar-refractivity contribution in [2.45, 2.75) is 4.90 Å². The van der Waals surface area contributed by atoms with Gasteiger partial charge in [-0.2, -0.15) is 0 Å². The van der Waals surface area contributed by atoms with Crippen molar-refractivity contribution in [1.29, 1.82) is 0 Å². The highest BCUT2D eigenvalue weighted by Crippen LogP contribution is 2.21. The Morgan fingerprint density at radius 2 is 2.15 bits per heavy atom. The van der Waals surface area contributed by atoms with Crippen LogP contribution in [0.15, 0.2) is 23.1 Å². The summed E-state index contributed by atoms with van der Waals surface area (Å²) in [6.07, 6.45) is 0. The molecule has 0 aromatic heterocycles. The Hall–Kier alpha value is -0.450. The number of nitrogens with one attached hydrogen (secondary N) is 1. The Balaban J connectivity index is 2.71. The monoisotopic (exact) mass is 239 g/mol. The van der Waals surface area contributed by atoms with E-state index >= 15 is 0 Å². The highest BCUT2D eigenvalue weighted by atomic mass is 35.5. The zero-order chi connectivity index (χ0) is 9.84. The minimum Gasteiger partial charge on any atom is -0.282 e. The molecular formula is C7H4Cl2FNOS. The first kappa shape index (κ1) is 10.6. The average Bonchev–Trinajstić information content (AvgIpc) is 1.99. The fourth-order valence-corrected chi connectivity index (χ4v) is 1.64. The van der Waals surface area contributed by atoms with E-state index < -0.39 is 11.2 Å². The van der Waals surface area contributed by atoms with Gasteiger partial charge in [0.2, 0.25) is 0 Å². The number of hydrogen-bond donors (Lipinski definition) is 1. The van der Waals surface area contributed by atoms with Crippen molar-refractivity contribution >= 4 is 40.5 Å². The standard InChI is InChI=1S/C7H4Cl2FNOS/c8-4-1-5(10)3-6(2-4)13-11-7(9)12/h1-3H,(H,11,12). The van der Waals surface area contributed by atoms with Gasteiger partial charge in [0.25, 0.3) is 0 Å². The molecule has 70 valence electrons. The first-order valence-electron chi connectivity index (χ1n) is 3.16. The van der Waals surface area contributed by atoms with Gasteiger partial charge in [-0.3, -0.25) is 9.52 Å². The van der Waals surface area contributed by atoms with E-state index in [4.69, 9.17) is 23.2 Å². The maximum atomic E-state index is 12.7. The number of hydrogen-bond acceptors (Lipinski definition) is 2. The summed E-state index contributed by atoms with van der Waals surface area (Å²) in [5.41, 5.74) is 0. The number of halogens is 3. The number of carbonyl (C=O) groups is 1. The number of carbonyl (C=O) groups excluding carboxylic acids is 1. The van der Waals surface area contributed by atoms with E-state index in [9.17, 15) is 9.18 Å². The molecule has 6 heteroatoms. The summed E-state index contributed by atoms with van der Waals surface area (Å²) in [7, 11) is 0. The molecule has 0 unspecified atom stereocenters. The molecule has 0 saturated heterocycles. The van der Waals surface area contributed by atoms with Gasteiger partial charge in [0.1, 0.15) is 5.82 Å². The Kier molecular flexibility index (Phi) is 3.84. The summed E-state index contributed by atoms with van der Waals surface area (Å²) in [6, 6.07) is 3.93. The number of benzene rings is 1.